The van der Waals surface area contributed by atoms with Crippen LogP contribution in [0.1, 0.15) is 115 Å². The summed E-state index contributed by atoms with van der Waals surface area (Å²) in [4.78, 5) is 99.5. The molecular weight excluding hydrogens is 771 g/mol. The average molecular weight is 836 g/mol. The van der Waals surface area contributed by atoms with Gasteiger partial charge in [0.25, 0.3) is 0 Å². The Hall–Kier alpha value is -5.80. The molecule has 0 bridgehead atoms. The lowest BCUT2D eigenvalue weighted by Gasteiger charge is -2.26. The summed E-state index contributed by atoms with van der Waals surface area (Å²) in [6.07, 6.45) is 8.11. The van der Waals surface area contributed by atoms with Crippen LogP contribution in [0.5, 0.6) is 0 Å². The number of amides is 7. The Morgan fingerprint density at radius 2 is 1.07 bits per heavy atom. The standard InChI is InChI=1S/C44H65N7O9/c1-3-30(2)40(44(60)49-33(41(46)57)27-31-19-13-11-14-20-31)51-37(53)23-17-9-7-5-4-6-8-10-18-26-47-42(58)35(29-36(45)52)50-43(59)34(28-32-21-15-12-16-22-32)48-38(54)24-25-39(55)56/h11-16,19-22,30,33-35,40H,3-10,17-18,23-29H2,1-2H3,(H2,45,52)(H2,46,57)(H,47,58)(H,48,54)(H,49,60)(H,50,59)(H,51,53)(H,55,56)/t30-,33+,34+,35+,40+/m1/s1. The van der Waals surface area contributed by atoms with Gasteiger partial charge in [0.15, 0.2) is 0 Å². The third kappa shape index (κ3) is 21.3. The van der Waals surface area contributed by atoms with Crippen LogP contribution in [0, 0.1) is 5.92 Å². The highest BCUT2D eigenvalue weighted by atomic mass is 16.4. The molecule has 0 unspecified atom stereocenters. The van der Waals surface area contributed by atoms with Gasteiger partial charge in [-0.1, -0.05) is 126 Å². The molecule has 5 atom stereocenters. The Bertz CT molecular complexity index is 1680. The van der Waals surface area contributed by atoms with Gasteiger partial charge in [0.05, 0.1) is 12.8 Å². The Labute approximate surface area is 353 Å². The fourth-order valence-electron chi connectivity index (χ4n) is 6.49. The van der Waals surface area contributed by atoms with Gasteiger partial charge in [0.1, 0.15) is 24.2 Å². The summed E-state index contributed by atoms with van der Waals surface area (Å²) in [5.41, 5.74) is 12.5. The summed E-state index contributed by atoms with van der Waals surface area (Å²) in [5.74, 6) is -5.32. The smallest absolute Gasteiger partial charge is 0.303 e. The molecule has 0 aliphatic carbocycles. The molecule has 16 heteroatoms. The second-order valence-electron chi connectivity index (χ2n) is 15.2. The van der Waals surface area contributed by atoms with Gasteiger partial charge < -0.3 is 43.2 Å². The molecule has 7 amide bonds. The average Bonchev–Trinajstić information content (AvgIpc) is 3.21. The molecule has 10 N–H and O–H groups in total. The zero-order chi connectivity index (χ0) is 44.3. The Morgan fingerprint density at radius 1 is 0.567 bits per heavy atom. The van der Waals surface area contributed by atoms with Gasteiger partial charge in [0.2, 0.25) is 41.4 Å². The van der Waals surface area contributed by atoms with Crippen molar-refractivity contribution >= 4 is 47.3 Å². The fraction of sp³-hybridized carbons (Fsp3) is 0.545. The first kappa shape index (κ1) is 50.3. The highest BCUT2D eigenvalue weighted by Gasteiger charge is 2.30. The maximum absolute atomic E-state index is 13.3. The minimum atomic E-state index is -1.26. The van der Waals surface area contributed by atoms with Crippen molar-refractivity contribution in [2.45, 2.75) is 141 Å². The molecule has 330 valence electrons. The molecule has 0 fully saturated rings. The maximum atomic E-state index is 13.3. The van der Waals surface area contributed by atoms with Crippen molar-refractivity contribution in [1.82, 2.24) is 26.6 Å². The van der Waals surface area contributed by atoms with E-state index in [9.17, 15) is 38.4 Å². The van der Waals surface area contributed by atoms with Gasteiger partial charge in [-0.15, -0.1) is 0 Å². The molecule has 0 saturated heterocycles. The van der Waals surface area contributed by atoms with Crippen molar-refractivity contribution in [2.75, 3.05) is 6.54 Å². The summed E-state index contributed by atoms with van der Waals surface area (Å²) < 4.78 is 0. The maximum Gasteiger partial charge on any atom is 0.303 e. The summed E-state index contributed by atoms with van der Waals surface area (Å²) in [5, 5.41) is 22.4. The molecule has 0 spiro atoms. The zero-order valence-electron chi connectivity index (χ0n) is 35.0. The van der Waals surface area contributed by atoms with Crippen LogP contribution < -0.4 is 38.1 Å². The van der Waals surface area contributed by atoms with E-state index in [1.165, 1.54) is 0 Å². The van der Waals surface area contributed by atoms with Crippen LogP contribution in [-0.4, -0.2) is 83.1 Å². The number of carbonyl (C=O) groups excluding carboxylic acids is 7. The number of benzene rings is 2. The number of carboxylic acids is 1. The first-order chi connectivity index (χ1) is 28.7. The van der Waals surface area contributed by atoms with Crippen molar-refractivity contribution < 1.29 is 43.5 Å². The van der Waals surface area contributed by atoms with Gasteiger partial charge in [0, 0.05) is 32.2 Å². The molecule has 0 saturated carbocycles. The van der Waals surface area contributed by atoms with Crippen LogP contribution in [0.25, 0.3) is 0 Å². The number of unbranched alkanes of at least 4 members (excludes halogenated alkanes) is 8. The van der Waals surface area contributed by atoms with E-state index in [2.05, 4.69) is 26.6 Å². The highest BCUT2D eigenvalue weighted by molar-refractivity contribution is 5.95. The Kier molecular flexibility index (Phi) is 24.0. The Balaban J connectivity index is 1.69. The van der Waals surface area contributed by atoms with Crippen LogP contribution >= 0.6 is 0 Å². The number of rotatable bonds is 31. The molecule has 2 rings (SSSR count). The minimum Gasteiger partial charge on any atom is -0.481 e. The van der Waals surface area contributed by atoms with Crippen LogP contribution in [-0.2, 0) is 51.2 Å². The molecule has 16 nitrogen and oxygen atoms in total. The number of hydrogen-bond acceptors (Lipinski definition) is 8. The highest BCUT2D eigenvalue weighted by Crippen LogP contribution is 2.13. The van der Waals surface area contributed by atoms with E-state index in [0.717, 1.165) is 56.1 Å². The summed E-state index contributed by atoms with van der Waals surface area (Å²) in [7, 11) is 0. The normalized spacial score (nSPS) is 13.4. The van der Waals surface area contributed by atoms with E-state index >= 15 is 0 Å². The SMILES string of the molecule is CC[C@@H](C)[C@H](NC(=O)CCCCCCCCCCCNC(=O)[C@H](CC(N)=O)NC(=O)[C@H](Cc1ccccc1)NC(=O)CCC(=O)O)C(=O)N[C@@H](Cc1ccccc1)C(N)=O. The number of primary amides is 2. The van der Waals surface area contributed by atoms with Crippen molar-refractivity contribution in [2.24, 2.45) is 17.4 Å². The van der Waals surface area contributed by atoms with Crippen molar-refractivity contribution in [3.63, 3.8) is 0 Å². The van der Waals surface area contributed by atoms with Crippen molar-refractivity contribution in [1.29, 1.82) is 0 Å². The monoisotopic (exact) mass is 835 g/mol. The lowest BCUT2D eigenvalue weighted by Crippen LogP contribution is -2.55. The molecule has 0 aromatic heterocycles. The molecule has 2 aromatic carbocycles. The van der Waals surface area contributed by atoms with Gasteiger partial charge in [-0.25, -0.2) is 0 Å². The molecule has 0 aliphatic heterocycles. The van der Waals surface area contributed by atoms with Gasteiger partial charge in [-0.05, 0) is 29.9 Å². The van der Waals surface area contributed by atoms with E-state index < -0.39 is 78.4 Å². The third-order valence-electron chi connectivity index (χ3n) is 10.2. The number of carboxylic acid groups (broad SMARTS) is 1. The fourth-order valence-corrected chi connectivity index (χ4v) is 6.49. The molecule has 60 heavy (non-hydrogen) atoms. The minimum absolute atomic E-state index is 0.0757. The van der Waals surface area contributed by atoms with Gasteiger partial charge in [-0.3, -0.25) is 38.4 Å². The second-order valence-corrected chi connectivity index (χ2v) is 15.2. The molecule has 0 radical (unpaired) electrons. The molecule has 0 heterocycles. The second kappa shape index (κ2) is 28.6. The largest absolute Gasteiger partial charge is 0.481 e. The zero-order valence-corrected chi connectivity index (χ0v) is 35.0. The number of nitrogens with one attached hydrogen (secondary N) is 5. The number of hydrogen-bond donors (Lipinski definition) is 8. The van der Waals surface area contributed by atoms with Crippen molar-refractivity contribution in [3.8, 4) is 0 Å². The van der Waals surface area contributed by atoms with Crippen LogP contribution in [0.3, 0.4) is 0 Å². The first-order valence-corrected chi connectivity index (χ1v) is 21.0. The molecule has 2 aromatic rings. The van der Waals surface area contributed by atoms with E-state index in [4.69, 9.17) is 16.6 Å². The number of aliphatic carboxylic acids is 1. The van der Waals surface area contributed by atoms with Crippen LogP contribution in [0.2, 0.25) is 0 Å². The number of carbonyl (C=O) groups is 8. The summed E-state index contributed by atoms with van der Waals surface area (Å²) in [6, 6.07) is 14.0. The van der Waals surface area contributed by atoms with Crippen LogP contribution in [0.4, 0.5) is 0 Å². The number of nitrogens with two attached hydrogens (primary N) is 2. The van der Waals surface area contributed by atoms with Crippen LogP contribution in [0.15, 0.2) is 60.7 Å². The molecule has 0 aliphatic rings. The molecular formula is C44H65N7O9. The van der Waals surface area contributed by atoms with E-state index in [-0.39, 0.29) is 31.1 Å². The summed E-state index contributed by atoms with van der Waals surface area (Å²) in [6.45, 7) is 4.14. The van der Waals surface area contributed by atoms with E-state index in [0.29, 0.717) is 32.2 Å². The van der Waals surface area contributed by atoms with Gasteiger partial charge in [-0.2, -0.15) is 0 Å². The predicted molar refractivity (Wildman–Crippen MR) is 227 cm³/mol. The lowest BCUT2D eigenvalue weighted by molar-refractivity contribution is -0.139. The van der Waals surface area contributed by atoms with E-state index in [1.807, 2.05) is 44.2 Å². The quantitative estimate of drug-likeness (QED) is 0.0518. The first-order valence-electron chi connectivity index (χ1n) is 21.0. The van der Waals surface area contributed by atoms with Gasteiger partial charge >= 0.3 is 5.97 Å². The van der Waals surface area contributed by atoms with Crippen molar-refractivity contribution in [3.05, 3.63) is 71.8 Å². The van der Waals surface area contributed by atoms with E-state index in [1.54, 1.807) is 30.3 Å². The topological polar surface area (TPSA) is 269 Å². The predicted octanol–water partition coefficient (Wildman–Crippen LogP) is 2.70. The third-order valence-corrected chi connectivity index (χ3v) is 10.2. The lowest BCUT2D eigenvalue weighted by atomic mass is 9.97. The summed E-state index contributed by atoms with van der Waals surface area (Å²) >= 11 is 0. The Morgan fingerprint density at radius 3 is 1.58 bits per heavy atom.